The number of carbonyl (C=O) groups is 1. The van der Waals surface area contributed by atoms with E-state index in [0.717, 1.165) is 18.3 Å². The van der Waals surface area contributed by atoms with E-state index in [1.54, 1.807) is 12.1 Å². The predicted molar refractivity (Wildman–Crippen MR) is 122 cm³/mol. The van der Waals surface area contributed by atoms with Gasteiger partial charge in [-0.15, -0.1) is 25.6 Å². The lowest BCUT2D eigenvalue weighted by Gasteiger charge is -2.15. The molecule has 1 amide bonds. The van der Waals surface area contributed by atoms with Crippen molar-refractivity contribution in [2.75, 3.05) is 24.1 Å². The van der Waals surface area contributed by atoms with Crippen LogP contribution in [0.2, 0.25) is 0 Å². The number of pyridine rings is 1. The molecule has 2 aromatic heterocycles. The van der Waals surface area contributed by atoms with Gasteiger partial charge in [0, 0.05) is 24.8 Å². The van der Waals surface area contributed by atoms with Gasteiger partial charge in [0.05, 0.1) is 23.8 Å². The van der Waals surface area contributed by atoms with E-state index >= 15 is 0 Å². The van der Waals surface area contributed by atoms with Crippen LogP contribution in [0.3, 0.4) is 0 Å². The number of alkyl halides is 3. The Morgan fingerprint density at radius 3 is 2.54 bits per heavy atom. The normalized spacial score (nSPS) is 11.4. The summed E-state index contributed by atoms with van der Waals surface area (Å²) in [6.45, 7) is -0.272. The van der Waals surface area contributed by atoms with Crippen LogP contribution in [0, 0.1) is 0 Å². The van der Waals surface area contributed by atoms with Crippen LogP contribution in [0.25, 0.3) is 11.3 Å². The number of nitrogens with two attached hydrogens (primary N) is 2. The number of sulfonamides is 1. The number of ether oxygens (including phenoxy) is 1. The second-order valence-corrected chi connectivity index (χ2v) is 8.32. The highest BCUT2D eigenvalue weighted by atomic mass is 35.5. The minimum Gasteiger partial charge on any atom is -0.404 e. The Kier molecular flexibility index (Phi) is 8.92. The molecule has 0 aliphatic carbocycles. The van der Waals surface area contributed by atoms with E-state index in [1.165, 1.54) is 18.5 Å². The lowest BCUT2D eigenvalue weighted by molar-refractivity contribution is -0.275. The quantitative estimate of drug-likeness (QED) is 0.337. The molecule has 2 heterocycles. The van der Waals surface area contributed by atoms with Crippen LogP contribution in [-0.4, -0.2) is 48.7 Å². The molecule has 3 aromatic rings. The number of amides is 1. The maximum absolute atomic E-state index is 13.0. The molecule has 1 aromatic carbocycles. The molecule has 0 spiro atoms. The van der Waals surface area contributed by atoms with Gasteiger partial charge in [0.25, 0.3) is 5.91 Å². The number of nitrogen functional groups attached to an aromatic ring is 1. The van der Waals surface area contributed by atoms with E-state index in [-0.39, 0.29) is 48.3 Å². The van der Waals surface area contributed by atoms with Gasteiger partial charge in [-0.25, -0.2) is 23.1 Å². The third-order valence-corrected chi connectivity index (χ3v) is 5.63. The zero-order valence-corrected chi connectivity index (χ0v) is 19.2. The highest BCUT2D eigenvalue weighted by Gasteiger charge is 2.34. The molecule has 0 aliphatic heterocycles. The molecule has 6 N–H and O–H groups in total. The lowest BCUT2D eigenvalue weighted by Crippen LogP contribution is -2.30. The van der Waals surface area contributed by atoms with Crippen molar-refractivity contribution in [3.63, 3.8) is 0 Å². The van der Waals surface area contributed by atoms with E-state index in [9.17, 15) is 26.4 Å². The molecule has 3 rings (SSSR count). The number of hydrogen-bond acceptors (Lipinski definition) is 9. The smallest absolute Gasteiger partial charge is 0.404 e. The molecule has 0 aliphatic rings. The fourth-order valence-corrected chi connectivity index (χ4v) is 3.85. The van der Waals surface area contributed by atoms with E-state index in [1.807, 2.05) is 0 Å². The van der Waals surface area contributed by atoms with Crippen molar-refractivity contribution in [3.05, 3.63) is 54.6 Å². The van der Waals surface area contributed by atoms with Crippen molar-refractivity contribution in [1.82, 2.24) is 19.7 Å². The van der Waals surface area contributed by atoms with Crippen LogP contribution in [0.15, 0.2) is 53.8 Å². The Morgan fingerprint density at radius 2 is 1.91 bits per heavy atom. The van der Waals surface area contributed by atoms with Crippen molar-refractivity contribution >= 4 is 39.8 Å². The summed E-state index contributed by atoms with van der Waals surface area (Å²) in [4.78, 5) is 23.6. The molecule has 0 fully saturated rings. The number of nitrogens with zero attached hydrogens (tertiary/aromatic N) is 3. The van der Waals surface area contributed by atoms with Gasteiger partial charge < -0.3 is 21.5 Å². The predicted octanol–water partition coefficient (Wildman–Crippen LogP) is 1.93. The van der Waals surface area contributed by atoms with Crippen LogP contribution in [-0.2, 0) is 10.0 Å². The standard InChI is InChI=1S/C19H18F3N7O4S.ClH/c20-19(21,22)33-14-8-11(3-4-15(14)34(31,32)27-7-5-23)13-10-26-17(24)16(29-13)18(30)28-12-2-1-6-25-9-12;/h1-4,6,8-10,27H,5,7,23H2,(H2,24,26)(H,28,30);1H. The Morgan fingerprint density at radius 1 is 1.17 bits per heavy atom. The molecule has 11 nitrogen and oxygen atoms in total. The van der Waals surface area contributed by atoms with Gasteiger partial charge in [0.15, 0.2) is 11.5 Å². The summed E-state index contributed by atoms with van der Waals surface area (Å²) in [5, 5.41) is 2.51. The van der Waals surface area contributed by atoms with E-state index in [2.05, 4.69) is 29.7 Å². The van der Waals surface area contributed by atoms with E-state index in [4.69, 9.17) is 11.5 Å². The van der Waals surface area contributed by atoms with E-state index < -0.39 is 32.9 Å². The molecule has 188 valence electrons. The molecule has 0 saturated heterocycles. The van der Waals surface area contributed by atoms with Crippen LogP contribution >= 0.6 is 12.4 Å². The first-order valence-electron chi connectivity index (χ1n) is 9.44. The van der Waals surface area contributed by atoms with Gasteiger partial charge in [0.2, 0.25) is 10.0 Å². The Bertz CT molecular complexity index is 1300. The first kappa shape index (κ1) is 27.7. The van der Waals surface area contributed by atoms with Gasteiger partial charge in [-0.3, -0.25) is 9.78 Å². The number of benzene rings is 1. The average Bonchev–Trinajstić information content (AvgIpc) is 2.77. The minimum atomic E-state index is -5.18. The van der Waals surface area contributed by atoms with Crippen molar-refractivity contribution in [2.45, 2.75) is 11.3 Å². The number of rotatable bonds is 8. The number of hydrogen-bond donors (Lipinski definition) is 4. The SMILES string of the molecule is Cl.NCCNS(=O)(=O)c1ccc(-c2cnc(N)c(C(=O)Nc3cccnc3)n2)cc1OC(F)(F)F. The molecule has 0 bridgehead atoms. The molecule has 0 saturated carbocycles. The molecule has 0 radical (unpaired) electrons. The molecular weight excluding hydrogens is 515 g/mol. The summed E-state index contributed by atoms with van der Waals surface area (Å²) >= 11 is 0. The number of anilines is 2. The van der Waals surface area contributed by atoms with Crippen molar-refractivity contribution in [2.24, 2.45) is 5.73 Å². The summed E-state index contributed by atoms with van der Waals surface area (Å²) in [5.74, 6) is -1.98. The average molecular weight is 534 g/mol. The van der Waals surface area contributed by atoms with Gasteiger partial charge >= 0.3 is 6.36 Å². The number of aromatic nitrogens is 3. The Balaban J connectivity index is 0.00000432. The van der Waals surface area contributed by atoms with Crippen molar-refractivity contribution in [3.8, 4) is 17.0 Å². The second-order valence-electron chi connectivity index (χ2n) is 6.58. The number of nitrogens with one attached hydrogen (secondary N) is 2. The zero-order valence-electron chi connectivity index (χ0n) is 17.6. The highest BCUT2D eigenvalue weighted by molar-refractivity contribution is 7.89. The highest BCUT2D eigenvalue weighted by Crippen LogP contribution is 2.33. The van der Waals surface area contributed by atoms with Gasteiger partial charge in [0.1, 0.15) is 10.6 Å². The monoisotopic (exact) mass is 533 g/mol. The fraction of sp³-hybridized carbons (Fsp3) is 0.158. The van der Waals surface area contributed by atoms with Gasteiger partial charge in [-0.1, -0.05) is 6.07 Å². The van der Waals surface area contributed by atoms with Crippen LogP contribution in [0.4, 0.5) is 24.7 Å². The number of halogens is 4. The van der Waals surface area contributed by atoms with Crippen LogP contribution in [0.5, 0.6) is 5.75 Å². The Labute approximate surface area is 203 Å². The van der Waals surface area contributed by atoms with Crippen molar-refractivity contribution in [1.29, 1.82) is 0 Å². The molecule has 35 heavy (non-hydrogen) atoms. The summed E-state index contributed by atoms with van der Waals surface area (Å²) in [5.41, 5.74) is 11.0. The van der Waals surface area contributed by atoms with E-state index in [0.29, 0.717) is 5.69 Å². The third-order valence-electron chi connectivity index (χ3n) is 4.13. The minimum absolute atomic E-state index is 0. The van der Waals surface area contributed by atoms with Gasteiger partial charge in [-0.2, -0.15) is 0 Å². The maximum atomic E-state index is 13.0. The zero-order chi connectivity index (χ0) is 24.9. The maximum Gasteiger partial charge on any atom is 0.573 e. The first-order chi connectivity index (χ1) is 16.0. The largest absolute Gasteiger partial charge is 0.573 e. The van der Waals surface area contributed by atoms with Crippen LogP contribution in [0.1, 0.15) is 10.5 Å². The molecule has 0 unspecified atom stereocenters. The summed E-state index contributed by atoms with van der Waals surface area (Å²) in [6, 6.07) is 6.05. The molecule has 16 heteroatoms. The molecular formula is C19H19ClF3N7O4S. The second kappa shape index (κ2) is 11.3. The summed E-state index contributed by atoms with van der Waals surface area (Å²) in [6.07, 6.45) is -1.19. The fourth-order valence-electron chi connectivity index (χ4n) is 2.70. The number of carbonyl (C=O) groups excluding carboxylic acids is 1. The Hall–Kier alpha value is -3.53. The lowest BCUT2D eigenvalue weighted by atomic mass is 10.1. The topological polar surface area (TPSA) is 175 Å². The third kappa shape index (κ3) is 7.22. The van der Waals surface area contributed by atoms with Crippen LogP contribution < -0.4 is 26.2 Å². The van der Waals surface area contributed by atoms with Gasteiger partial charge in [-0.05, 0) is 24.3 Å². The summed E-state index contributed by atoms with van der Waals surface area (Å²) in [7, 11) is -4.37. The van der Waals surface area contributed by atoms with Crippen molar-refractivity contribution < 1.29 is 31.1 Å². The molecule has 0 atom stereocenters. The first-order valence-corrected chi connectivity index (χ1v) is 10.9. The summed E-state index contributed by atoms with van der Waals surface area (Å²) < 4.78 is 69.7.